The Morgan fingerprint density at radius 2 is 1.20 bits per heavy atom. The van der Waals surface area contributed by atoms with Crippen LogP contribution in [-0.2, 0) is 4.74 Å². The fraction of sp³-hybridized carbons (Fsp3) is 0.273. The minimum absolute atomic E-state index is 0.00153. The number of halogens is 2. The number of carbonyl (C=O) groups excluding carboxylic acids is 3. The van der Waals surface area contributed by atoms with Crippen molar-refractivity contribution in [3.05, 3.63) is 81.3 Å². The van der Waals surface area contributed by atoms with E-state index in [-0.39, 0.29) is 35.5 Å². The highest BCUT2D eigenvalue weighted by Crippen LogP contribution is 2.40. The number of rotatable bonds is 4. The van der Waals surface area contributed by atoms with Gasteiger partial charge in [0, 0.05) is 47.5 Å². The number of carboxylic acids is 1. The topological polar surface area (TPSA) is 186 Å². The summed E-state index contributed by atoms with van der Waals surface area (Å²) in [5.74, 6) is 0.0645. The first-order valence-corrected chi connectivity index (χ1v) is 17.5. The van der Waals surface area contributed by atoms with E-state index in [1.807, 2.05) is 6.07 Å². The highest BCUT2D eigenvalue weighted by Gasteiger charge is 2.42. The smallest absolute Gasteiger partial charge is 0.356 e. The number of carboxylic acid groups (broad SMARTS) is 1. The Bertz CT molecular complexity index is 2020. The third-order valence-corrected chi connectivity index (χ3v) is 9.82. The van der Waals surface area contributed by atoms with Crippen LogP contribution in [0.5, 0.6) is 0 Å². The van der Waals surface area contributed by atoms with Gasteiger partial charge in [-0.3, -0.25) is 20.4 Å². The van der Waals surface area contributed by atoms with Crippen molar-refractivity contribution in [3.63, 3.8) is 0 Å². The number of aromatic carboxylic acids is 1. The van der Waals surface area contributed by atoms with Crippen molar-refractivity contribution in [2.75, 3.05) is 63.5 Å². The highest BCUT2D eigenvalue weighted by molar-refractivity contribution is 9.10. The number of aromatic nitrogens is 4. The molecule has 262 valence electrons. The van der Waals surface area contributed by atoms with E-state index in [1.54, 1.807) is 58.6 Å². The Hall–Kier alpha value is -5.36. The van der Waals surface area contributed by atoms with E-state index < -0.39 is 11.9 Å². The maximum Gasteiger partial charge on any atom is 0.356 e. The summed E-state index contributed by atoms with van der Waals surface area (Å²) >= 11 is 6.62. The number of urea groups is 2. The Morgan fingerprint density at radius 3 is 1.63 bits per heavy atom. The minimum Gasteiger partial charge on any atom is -0.477 e. The van der Waals surface area contributed by atoms with Crippen LogP contribution in [0.4, 0.5) is 44.2 Å². The summed E-state index contributed by atoms with van der Waals surface area (Å²) in [7, 11) is 1.31. The van der Waals surface area contributed by atoms with Gasteiger partial charge in [-0.05, 0) is 93.2 Å². The number of carbonyl (C=O) groups is 4. The van der Waals surface area contributed by atoms with Crippen LogP contribution in [0.25, 0.3) is 0 Å². The quantitative estimate of drug-likeness (QED) is 0.228. The molecule has 4 amide bonds. The molecule has 0 unspecified atom stereocenters. The number of amides is 4. The van der Waals surface area contributed by atoms with Gasteiger partial charge >= 0.3 is 24.0 Å². The Morgan fingerprint density at radius 1 is 0.725 bits per heavy atom. The summed E-state index contributed by atoms with van der Waals surface area (Å²) in [5, 5.41) is 14.8. The van der Waals surface area contributed by atoms with Gasteiger partial charge in [0.15, 0.2) is 23.0 Å². The molecule has 18 heteroatoms. The van der Waals surface area contributed by atoms with Gasteiger partial charge in [0.05, 0.1) is 30.6 Å². The first kappa shape index (κ1) is 34.1. The van der Waals surface area contributed by atoms with Crippen molar-refractivity contribution >= 4 is 90.5 Å². The summed E-state index contributed by atoms with van der Waals surface area (Å²) in [6.07, 6.45) is 4.85. The number of esters is 1. The standard InChI is InChI=1S/C17H16BrN5O3.C16H14BrN5O3/c1-26-16(24)12-3-4-13-15(20-12)23(11-6-7-22(13)9-11)17(25)21-14-5-2-10(18)8-19-14;17-9-1-4-13(18-7-9)20-16(25)22-10-5-6-21(8-10)12-3-2-11(15(23)24)19-14(12)22/h2-5,8,11H,6-7,9H2,1H3,(H,19,21,25);1-4,7,10H,5-6,8H2,(H,23,24)(H,18,20,25)/t11-;10-/m00/s1. The molecule has 2 atom stereocenters. The number of nitrogens with zero attached hydrogens (tertiary/aromatic N) is 8. The zero-order valence-corrected chi connectivity index (χ0v) is 30.2. The zero-order chi connectivity index (χ0) is 35.8. The number of hydrogen-bond donors (Lipinski definition) is 3. The van der Waals surface area contributed by atoms with Crippen LogP contribution in [0, 0.1) is 0 Å². The van der Waals surface area contributed by atoms with E-state index in [0.717, 1.165) is 52.8 Å². The zero-order valence-electron chi connectivity index (χ0n) is 27.0. The SMILES string of the molecule is COC(=O)c1ccc2c(n1)N(C(=O)Nc1ccc(Br)cn1)[C@H]1CCN2C1.O=C(O)c1ccc2c(n1)N(C(=O)Nc1ccc(Br)cn1)[C@H]1CCN2C1. The monoisotopic (exact) mass is 820 g/mol. The molecule has 4 aliphatic rings. The molecule has 0 saturated carbocycles. The van der Waals surface area contributed by atoms with Crippen molar-refractivity contribution in [3.8, 4) is 0 Å². The lowest BCUT2D eigenvalue weighted by Gasteiger charge is -2.35. The predicted octanol–water partition coefficient (Wildman–Crippen LogP) is 5.22. The van der Waals surface area contributed by atoms with Crippen molar-refractivity contribution < 1.29 is 29.0 Å². The Kier molecular flexibility index (Phi) is 9.43. The average Bonchev–Trinajstić information content (AvgIpc) is 3.75. The third-order valence-electron chi connectivity index (χ3n) is 8.88. The van der Waals surface area contributed by atoms with Crippen LogP contribution in [0.1, 0.15) is 33.8 Å². The van der Waals surface area contributed by atoms with Gasteiger partial charge in [-0.25, -0.2) is 39.1 Å². The molecule has 0 radical (unpaired) electrons. The average molecular weight is 822 g/mol. The van der Waals surface area contributed by atoms with E-state index in [9.17, 15) is 24.3 Å². The second-order valence-corrected chi connectivity index (χ2v) is 13.8. The Labute approximate surface area is 308 Å². The lowest BCUT2D eigenvalue weighted by Crippen LogP contribution is -2.48. The van der Waals surface area contributed by atoms with Gasteiger partial charge in [-0.1, -0.05) is 0 Å². The molecule has 2 fully saturated rings. The summed E-state index contributed by atoms with van der Waals surface area (Å²) in [6.45, 7) is 3.11. The summed E-state index contributed by atoms with van der Waals surface area (Å²) in [6, 6.07) is 12.9. The van der Waals surface area contributed by atoms with E-state index in [1.165, 1.54) is 13.2 Å². The number of pyridine rings is 4. The fourth-order valence-electron chi connectivity index (χ4n) is 6.52. The Balaban J connectivity index is 0.000000159. The lowest BCUT2D eigenvalue weighted by molar-refractivity contribution is 0.0593. The number of nitrogens with one attached hydrogen (secondary N) is 2. The molecule has 4 bridgehead atoms. The third kappa shape index (κ3) is 6.88. The molecule has 51 heavy (non-hydrogen) atoms. The second kappa shape index (κ2) is 14.1. The first-order valence-electron chi connectivity index (χ1n) is 15.9. The molecule has 4 aliphatic heterocycles. The van der Waals surface area contributed by atoms with Gasteiger partial charge in [-0.15, -0.1) is 0 Å². The highest BCUT2D eigenvalue weighted by atomic mass is 79.9. The van der Waals surface area contributed by atoms with Crippen molar-refractivity contribution in [1.29, 1.82) is 0 Å². The molecule has 4 aromatic rings. The van der Waals surface area contributed by atoms with Crippen LogP contribution in [0.2, 0.25) is 0 Å². The number of methoxy groups -OCH3 is 1. The number of fused-ring (bicyclic) bond motifs is 8. The van der Waals surface area contributed by atoms with Crippen LogP contribution in [0.3, 0.4) is 0 Å². The molecule has 8 heterocycles. The van der Waals surface area contributed by atoms with Gasteiger partial charge < -0.3 is 19.6 Å². The molecule has 0 aliphatic carbocycles. The number of ether oxygens (including phenoxy) is 1. The fourth-order valence-corrected chi connectivity index (χ4v) is 6.99. The maximum absolute atomic E-state index is 12.9. The van der Waals surface area contributed by atoms with E-state index in [0.29, 0.717) is 29.8 Å². The molecular weight excluding hydrogens is 792 g/mol. The van der Waals surface area contributed by atoms with Crippen LogP contribution in [0.15, 0.2) is 69.9 Å². The molecule has 3 N–H and O–H groups in total. The van der Waals surface area contributed by atoms with Crippen LogP contribution < -0.4 is 30.2 Å². The van der Waals surface area contributed by atoms with E-state index >= 15 is 0 Å². The molecule has 0 spiro atoms. The maximum atomic E-state index is 12.9. The summed E-state index contributed by atoms with van der Waals surface area (Å²) < 4.78 is 6.39. The molecular formula is C33H30Br2N10O6. The second-order valence-electron chi connectivity index (χ2n) is 12.0. The van der Waals surface area contributed by atoms with Crippen LogP contribution >= 0.6 is 31.9 Å². The van der Waals surface area contributed by atoms with Crippen LogP contribution in [-0.4, -0.2) is 94.4 Å². The van der Waals surface area contributed by atoms with Gasteiger partial charge in [0.2, 0.25) is 0 Å². The lowest BCUT2D eigenvalue weighted by atomic mass is 10.2. The number of anilines is 6. The number of hydrogen-bond acceptors (Lipinski definition) is 11. The van der Waals surface area contributed by atoms with Crippen molar-refractivity contribution in [2.24, 2.45) is 0 Å². The molecule has 8 rings (SSSR count). The van der Waals surface area contributed by atoms with Gasteiger partial charge in [0.1, 0.15) is 11.6 Å². The van der Waals surface area contributed by atoms with Gasteiger partial charge in [0.25, 0.3) is 0 Å². The first-order chi connectivity index (χ1) is 24.6. The normalized spacial score (nSPS) is 17.9. The summed E-state index contributed by atoms with van der Waals surface area (Å²) in [4.78, 5) is 73.3. The molecule has 16 nitrogen and oxygen atoms in total. The minimum atomic E-state index is -1.12. The van der Waals surface area contributed by atoms with E-state index in [4.69, 9.17) is 4.74 Å². The largest absolute Gasteiger partial charge is 0.477 e. The van der Waals surface area contributed by atoms with Crippen molar-refractivity contribution in [2.45, 2.75) is 24.9 Å². The molecule has 0 aromatic carbocycles. The van der Waals surface area contributed by atoms with Gasteiger partial charge in [-0.2, -0.15) is 0 Å². The molecule has 4 aromatic heterocycles. The molecule has 2 saturated heterocycles. The predicted molar refractivity (Wildman–Crippen MR) is 195 cm³/mol. The van der Waals surface area contributed by atoms with Crippen molar-refractivity contribution in [1.82, 2.24) is 19.9 Å². The van der Waals surface area contributed by atoms with E-state index in [2.05, 4.69) is 72.2 Å². The summed E-state index contributed by atoms with van der Waals surface area (Å²) in [5.41, 5.74) is 1.71.